The van der Waals surface area contributed by atoms with Gasteiger partial charge in [-0.3, -0.25) is 0 Å². The molecule has 2 heterocycles. The maximum atomic E-state index is 6.08. The first-order valence-electron chi connectivity index (χ1n) is 7.38. The van der Waals surface area contributed by atoms with Crippen LogP contribution >= 0.6 is 0 Å². The summed E-state index contributed by atoms with van der Waals surface area (Å²) in [5, 5.41) is 3.62. The van der Waals surface area contributed by atoms with Crippen LogP contribution in [0, 0.1) is 5.92 Å². The predicted molar refractivity (Wildman–Crippen MR) is 81.5 cm³/mol. The van der Waals surface area contributed by atoms with Crippen molar-refractivity contribution in [1.29, 1.82) is 0 Å². The molecule has 2 aromatic rings. The molecule has 2 unspecified atom stereocenters. The first-order valence-corrected chi connectivity index (χ1v) is 7.38. The third-order valence-electron chi connectivity index (χ3n) is 4.51. The van der Waals surface area contributed by atoms with Gasteiger partial charge in [-0.15, -0.1) is 0 Å². The summed E-state index contributed by atoms with van der Waals surface area (Å²) in [6.45, 7) is 2.95. The Hall–Kier alpha value is -1.62. The molecule has 20 heavy (non-hydrogen) atoms. The third-order valence-corrected chi connectivity index (χ3v) is 4.51. The molecule has 0 spiro atoms. The summed E-state index contributed by atoms with van der Waals surface area (Å²) in [4.78, 5) is 8.96. The summed E-state index contributed by atoms with van der Waals surface area (Å²) < 4.78 is 2.01. The van der Waals surface area contributed by atoms with Crippen LogP contribution in [0.15, 0.2) is 18.6 Å². The van der Waals surface area contributed by atoms with Crippen molar-refractivity contribution in [2.24, 2.45) is 18.7 Å². The van der Waals surface area contributed by atoms with E-state index in [1.54, 1.807) is 0 Å². The minimum absolute atomic E-state index is 0.0313. The highest BCUT2D eigenvalue weighted by Gasteiger charge is 2.34. The number of nitrogens with two attached hydrogens (primary N) is 1. The van der Waals surface area contributed by atoms with Crippen molar-refractivity contribution >= 4 is 16.9 Å². The molecule has 1 saturated carbocycles. The number of aryl methyl sites for hydroxylation is 1. The number of fused-ring (bicyclic) bond motifs is 1. The molecule has 1 aliphatic carbocycles. The molecule has 5 nitrogen and oxygen atoms in total. The Morgan fingerprint density at radius 3 is 3.10 bits per heavy atom. The molecule has 2 atom stereocenters. The van der Waals surface area contributed by atoms with Gasteiger partial charge < -0.3 is 15.6 Å². The van der Waals surface area contributed by atoms with E-state index in [0.717, 1.165) is 29.7 Å². The molecular weight excluding hydrogens is 250 g/mol. The Balaban J connectivity index is 1.95. The number of aromatic nitrogens is 3. The Labute approximate surface area is 119 Å². The van der Waals surface area contributed by atoms with Gasteiger partial charge in [-0.05, 0) is 24.8 Å². The molecule has 3 rings (SSSR count). The summed E-state index contributed by atoms with van der Waals surface area (Å²) >= 11 is 0. The van der Waals surface area contributed by atoms with Crippen LogP contribution in [0.25, 0.3) is 11.0 Å². The number of hydrogen-bond donors (Lipinski definition) is 2. The molecule has 0 amide bonds. The quantitative estimate of drug-likeness (QED) is 0.900. The van der Waals surface area contributed by atoms with E-state index in [0.29, 0.717) is 12.5 Å². The number of rotatable bonds is 3. The van der Waals surface area contributed by atoms with Gasteiger partial charge >= 0.3 is 0 Å². The standard InChI is InChI=1S/C15H23N5/c1-11-4-3-6-15(8-11,9-16)19-14-13-12(5-7-17-14)20(2)10-18-13/h5,7,10-11H,3-4,6,8-9,16H2,1-2H3,(H,17,19). The third kappa shape index (κ3) is 2.26. The highest BCUT2D eigenvalue weighted by Crippen LogP contribution is 2.35. The normalized spacial score (nSPS) is 26.9. The van der Waals surface area contributed by atoms with E-state index in [-0.39, 0.29) is 5.54 Å². The minimum Gasteiger partial charge on any atom is -0.361 e. The van der Waals surface area contributed by atoms with E-state index in [9.17, 15) is 0 Å². The van der Waals surface area contributed by atoms with Gasteiger partial charge in [0.25, 0.3) is 0 Å². The lowest BCUT2D eigenvalue weighted by molar-refractivity contribution is 0.263. The smallest absolute Gasteiger partial charge is 0.154 e. The van der Waals surface area contributed by atoms with Gasteiger partial charge in [0.1, 0.15) is 5.52 Å². The molecule has 0 saturated heterocycles. The fourth-order valence-corrected chi connectivity index (χ4v) is 3.41. The van der Waals surface area contributed by atoms with Crippen molar-refractivity contribution in [3.05, 3.63) is 18.6 Å². The molecule has 0 bridgehead atoms. The Kier molecular flexibility index (Phi) is 3.38. The number of nitrogens with zero attached hydrogens (tertiary/aromatic N) is 3. The molecule has 2 aromatic heterocycles. The van der Waals surface area contributed by atoms with Crippen molar-refractivity contribution in [2.45, 2.75) is 38.1 Å². The van der Waals surface area contributed by atoms with Gasteiger partial charge in [-0.2, -0.15) is 0 Å². The van der Waals surface area contributed by atoms with E-state index >= 15 is 0 Å². The molecule has 3 N–H and O–H groups in total. The summed E-state index contributed by atoms with van der Waals surface area (Å²) in [7, 11) is 2.00. The number of imidazole rings is 1. The van der Waals surface area contributed by atoms with Gasteiger partial charge in [-0.1, -0.05) is 19.8 Å². The first-order chi connectivity index (χ1) is 9.63. The second-order valence-electron chi connectivity index (χ2n) is 6.19. The maximum Gasteiger partial charge on any atom is 0.154 e. The lowest BCUT2D eigenvalue weighted by Gasteiger charge is -2.40. The lowest BCUT2D eigenvalue weighted by atomic mass is 9.76. The Morgan fingerprint density at radius 1 is 1.50 bits per heavy atom. The van der Waals surface area contributed by atoms with Crippen LogP contribution in [0.3, 0.4) is 0 Å². The minimum atomic E-state index is -0.0313. The second kappa shape index (κ2) is 5.05. The molecular formula is C15H23N5. The van der Waals surface area contributed by atoms with Gasteiger partial charge in [0, 0.05) is 19.8 Å². The van der Waals surface area contributed by atoms with Crippen LogP contribution in [0.1, 0.15) is 32.6 Å². The fourth-order valence-electron chi connectivity index (χ4n) is 3.41. The van der Waals surface area contributed by atoms with Gasteiger partial charge in [0.05, 0.1) is 17.4 Å². The molecule has 0 aromatic carbocycles. The van der Waals surface area contributed by atoms with Crippen LogP contribution in [-0.4, -0.2) is 26.6 Å². The van der Waals surface area contributed by atoms with Gasteiger partial charge in [-0.25, -0.2) is 9.97 Å². The lowest BCUT2D eigenvalue weighted by Crippen LogP contribution is -2.49. The average molecular weight is 273 g/mol. The number of pyridine rings is 1. The first kappa shape index (κ1) is 13.4. The highest BCUT2D eigenvalue weighted by molar-refractivity contribution is 5.86. The molecule has 5 heteroatoms. The zero-order chi connectivity index (χ0) is 14.2. The van der Waals surface area contributed by atoms with Crippen molar-refractivity contribution in [3.63, 3.8) is 0 Å². The zero-order valence-electron chi connectivity index (χ0n) is 12.3. The summed E-state index contributed by atoms with van der Waals surface area (Å²) in [5.74, 6) is 1.57. The van der Waals surface area contributed by atoms with Crippen LogP contribution < -0.4 is 11.1 Å². The Morgan fingerprint density at radius 2 is 2.35 bits per heavy atom. The van der Waals surface area contributed by atoms with E-state index in [1.165, 1.54) is 12.8 Å². The topological polar surface area (TPSA) is 68.8 Å². The Bertz CT molecular complexity index is 605. The van der Waals surface area contributed by atoms with Crippen LogP contribution in [0.2, 0.25) is 0 Å². The van der Waals surface area contributed by atoms with E-state index in [2.05, 4.69) is 22.2 Å². The van der Waals surface area contributed by atoms with Crippen molar-refractivity contribution in [2.75, 3.05) is 11.9 Å². The monoisotopic (exact) mass is 273 g/mol. The van der Waals surface area contributed by atoms with Crippen LogP contribution in [0.5, 0.6) is 0 Å². The van der Waals surface area contributed by atoms with Crippen molar-refractivity contribution < 1.29 is 0 Å². The second-order valence-corrected chi connectivity index (χ2v) is 6.19. The van der Waals surface area contributed by atoms with E-state index in [4.69, 9.17) is 5.73 Å². The summed E-state index contributed by atoms with van der Waals surface area (Å²) in [5.41, 5.74) is 8.08. The SMILES string of the molecule is CC1CCCC(CN)(Nc2nccc3c2ncn3C)C1. The molecule has 1 fully saturated rings. The van der Waals surface area contributed by atoms with Crippen molar-refractivity contribution in [1.82, 2.24) is 14.5 Å². The number of anilines is 1. The average Bonchev–Trinajstić information content (AvgIpc) is 2.82. The van der Waals surface area contributed by atoms with Crippen LogP contribution in [-0.2, 0) is 7.05 Å². The number of nitrogens with one attached hydrogen (secondary N) is 1. The fraction of sp³-hybridized carbons (Fsp3) is 0.600. The van der Waals surface area contributed by atoms with E-state index in [1.807, 2.05) is 30.2 Å². The van der Waals surface area contributed by atoms with Gasteiger partial charge in [0.2, 0.25) is 0 Å². The predicted octanol–water partition coefficient (Wildman–Crippen LogP) is 2.29. The molecule has 108 valence electrons. The van der Waals surface area contributed by atoms with Crippen LogP contribution in [0.4, 0.5) is 5.82 Å². The highest BCUT2D eigenvalue weighted by atomic mass is 15.1. The molecule has 0 aliphatic heterocycles. The summed E-state index contributed by atoms with van der Waals surface area (Å²) in [6.07, 6.45) is 8.40. The van der Waals surface area contributed by atoms with Gasteiger partial charge in [0.15, 0.2) is 5.82 Å². The molecule has 0 radical (unpaired) electrons. The van der Waals surface area contributed by atoms with E-state index < -0.39 is 0 Å². The number of hydrogen-bond acceptors (Lipinski definition) is 4. The molecule has 1 aliphatic rings. The summed E-state index contributed by atoms with van der Waals surface area (Å²) in [6, 6.07) is 1.99. The van der Waals surface area contributed by atoms with Crippen molar-refractivity contribution in [3.8, 4) is 0 Å². The zero-order valence-corrected chi connectivity index (χ0v) is 12.3. The largest absolute Gasteiger partial charge is 0.361 e. The maximum absolute atomic E-state index is 6.08.